The molecule has 1 aromatic rings. The van der Waals surface area contributed by atoms with E-state index in [9.17, 15) is 0 Å². The van der Waals surface area contributed by atoms with E-state index in [1.54, 1.807) is 7.11 Å². The summed E-state index contributed by atoms with van der Waals surface area (Å²) in [6, 6.07) is 9.16. The topological polar surface area (TPSA) is 21.3 Å². The molecule has 2 nitrogen and oxygen atoms in total. The van der Waals surface area contributed by atoms with Crippen molar-refractivity contribution in [1.82, 2.24) is 5.32 Å². The molecule has 3 heteroatoms. The standard InChI is InChI=1S/C15H25NOS/c1-4-18-9-8-13(2)16-11-14-6-5-7-15(10-14)12-17-3/h5-7,10,13,16H,4,8-9,11-12H2,1-3H3. The Morgan fingerprint density at radius 3 is 2.83 bits per heavy atom. The van der Waals surface area contributed by atoms with Crippen molar-refractivity contribution in [3.05, 3.63) is 35.4 Å². The van der Waals surface area contributed by atoms with Crippen molar-refractivity contribution in [2.24, 2.45) is 0 Å². The molecule has 0 spiro atoms. The monoisotopic (exact) mass is 267 g/mol. The first-order valence-corrected chi connectivity index (χ1v) is 7.79. The Hall–Kier alpha value is -0.510. The molecule has 1 atom stereocenters. The molecule has 0 aromatic heterocycles. The fraction of sp³-hybridized carbons (Fsp3) is 0.600. The van der Waals surface area contributed by atoms with E-state index in [0.717, 1.165) is 6.54 Å². The highest BCUT2D eigenvalue weighted by molar-refractivity contribution is 7.99. The van der Waals surface area contributed by atoms with Crippen molar-refractivity contribution in [2.75, 3.05) is 18.6 Å². The minimum atomic E-state index is 0.579. The maximum atomic E-state index is 5.15. The van der Waals surface area contributed by atoms with Crippen molar-refractivity contribution in [2.45, 2.75) is 39.5 Å². The highest BCUT2D eigenvalue weighted by atomic mass is 32.2. The summed E-state index contributed by atoms with van der Waals surface area (Å²) in [5.41, 5.74) is 2.57. The SMILES string of the molecule is CCSCCC(C)NCc1cccc(COC)c1. The molecule has 1 aromatic carbocycles. The van der Waals surface area contributed by atoms with E-state index in [1.807, 2.05) is 11.8 Å². The quantitative estimate of drug-likeness (QED) is 0.692. The van der Waals surface area contributed by atoms with Gasteiger partial charge in [0.1, 0.15) is 0 Å². The van der Waals surface area contributed by atoms with E-state index >= 15 is 0 Å². The smallest absolute Gasteiger partial charge is 0.0713 e. The van der Waals surface area contributed by atoms with Crippen molar-refractivity contribution in [1.29, 1.82) is 0 Å². The number of hydrogen-bond acceptors (Lipinski definition) is 3. The lowest BCUT2D eigenvalue weighted by Crippen LogP contribution is -2.26. The molecule has 0 saturated carbocycles. The van der Waals surface area contributed by atoms with Gasteiger partial charge in [0.2, 0.25) is 0 Å². The van der Waals surface area contributed by atoms with Gasteiger partial charge in [-0.2, -0.15) is 11.8 Å². The molecule has 0 bridgehead atoms. The lowest BCUT2D eigenvalue weighted by atomic mass is 10.1. The van der Waals surface area contributed by atoms with Crippen LogP contribution in [0.1, 0.15) is 31.4 Å². The molecule has 0 saturated heterocycles. The van der Waals surface area contributed by atoms with Crippen LogP contribution in [0.4, 0.5) is 0 Å². The molecule has 1 unspecified atom stereocenters. The number of benzene rings is 1. The summed E-state index contributed by atoms with van der Waals surface area (Å²) < 4.78 is 5.15. The van der Waals surface area contributed by atoms with Gasteiger partial charge in [-0.15, -0.1) is 0 Å². The van der Waals surface area contributed by atoms with Crippen LogP contribution in [0.25, 0.3) is 0 Å². The predicted octanol–water partition coefficient (Wildman–Crippen LogP) is 3.45. The van der Waals surface area contributed by atoms with Crippen LogP contribution in [0.5, 0.6) is 0 Å². The molecule has 102 valence electrons. The molecule has 0 fully saturated rings. The third-order valence-corrected chi connectivity index (χ3v) is 3.79. The Kier molecular flexibility index (Phi) is 8.14. The summed E-state index contributed by atoms with van der Waals surface area (Å²) in [5.74, 6) is 2.46. The second-order valence-electron chi connectivity index (χ2n) is 4.52. The Labute approximate surface area is 116 Å². The van der Waals surface area contributed by atoms with Gasteiger partial charge >= 0.3 is 0 Å². The summed E-state index contributed by atoms with van der Waals surface area (Å²) in [7, 11) is 1.73. The average molecular weight is 267 g/mol. The van der Waals surface area contributed by atoms with E-state index in [1.165, 1.54) is 29.1 Å². The maximum Gasteiger partial charge on any atom is 0.0713 e. The van der Waals surface area contributed by atoms with Gasteiger partial charge in [-0.1, -0.05) is 31.2 Å². The van der Waals surface area contributed by atoms with E-state index < -0.39 is 0 Å². The van der Waals surface area contributed by atoms with Crippen LogP contribution < -0.4 is 5.32 Å². The second-order valence-corrected chi connectivity index (χ2v) is 5.91. The molecule has 18 heavy (non-hydrogen) atoms. The Bertz CT molecular complexity index is 330. The van der Waals surface area contributed by atoms with Gasteiger partial charge in [0, 0.05) is 19.7 Å². The molecular formula is C15H25NOS. The summed E-state index contributed by atoms with van der Waals surface area (Å²) in [4.78, 5) is 0. The minimum Gasteiger partial charge on any atom is -0.380 e. The zero-order valence-electron chi connectivity index (χ0n) is 11.7. The Balaban J connectivity index is 2.31. The van der Waals surface area contributed by atoms with Crippen molar-refractivity contribution in [3.63, 3.8) is 0 Å². The van der Waals surface area contributed by atoms with Crippen LogP contribution in [0.2, 0.25) is 0 Å². The highest BCUT2D eigenvalue weighted by Crippen LogP contribution is 2.08. The first-order chi connectivity index (χ1) is 8.76. The normalized spacial score (nSPS) is 12.6. The van der Waals surface area contributed by atoms with Crippen molar-refractivity contribution in [3.8, 4) is 0 Å². The van der Waals surface area contributed by atoms with Crippen LogP contribution in [0, 0.1) is 0 Å². The lowest BCUT2D eigenvalue weighted by Gasteiger charge is -2.14. The second kappa shape index (κ2) is 9.42. The van der Waals surface area contributed by atoms with Gasteiger partial charge in [-0.25, -0.2) is 0 Å². The van der Waals surface area contributed by atoms with E-state index in [-0.39, 0.29) is 0 Å². The van der Waals surface area contributed by atoms with Gasteiger partial charge in [-0.05, 0) is 36.0 Å². The molecule has 0 aliphatic carbocycles. The zero-order valence-corrected chi connectivity index (χ0v) is 12.6. The number of nitrogens with one attached hydrogen (secondary N) is 1. The van der Waals surface area contributed by atoms with E-state index in [0.29, 0.717) is 12.6 Å². The van der Waals surface area contributed by atoms with Gasteiger partial charge in [-0.3, -0.25) is 0 Å². The fourth-order valence-electron chi connectivity index (χ4n) is 1.79. The van der Waals surface area contributed by atoms with Crippen LogP contribution in [-0.4, -0.2) is 24.7 Å². The first-order valence-electron chi connectivity index (χ1n) is 6.64. The van der Waals surface area contributed by atoms with Gasteiger partial charge in [0.15, 0.2) is 0 Å². The molecule has 0 heterocycles. The highest BCUT2D eigenvalue weighted by Gasteiger charge is 2.02. The van der Waals surface area contributed by atoms with Crippen LogP contribution in [0.3, 0.4) is 0 Å². The molecule has 0 amide bonds. The van der Waals surface area contributed by atoms with Gasteiger partial charge < -0.3 is 10.1 Å². The number of thioether (sulfide) groups is 1. The number of rotatable bonds is 9. The summed E-state index contributed by atoms with van der Waals surface area (Å²) in [6.45, 7) is 6.10. The molecule has 0 aliphatic heterocycles. The third kappa shape index (κ3) is 6.43. The third-order valence-electron chi connectivity index (χ3n) is 2.86. The summed E-state index contributed by atoms with van der Waals surface area (Å²) in [5, 5.41) is 3.57. The number of hydrogen-bond donors (Lipinski definition) is 1. The average Bonchev–Trinajstić information content (AvgIpc) is 2.38. The first kappa shape index (κ1) is 15.5. The van der Waals surface area contributed by atoms with Crippen LogP contribution in [0.15, 0.2) is 24.3 Å². The number of ether oxygens (including phenoxy) is 1. The lowest BCUT2D eigenvalue weighted by molar-refractivity contribution is 0.185. The Morgan fingerprint density at radius 1 is 1.33 bits per heavy atom. The maximum absolute atomic E-state index is 5.15. The van der Waals surface area contributed by atoms with Crippen LogP contribution >= 0.6 is 11.8 Å². The molecule has 0 aliphatic rings. The largest absolute Gasteiger partial charge is 0.380 e. The minimum absolute atomic E-state index is 0.579. The molecule has 1 rings (SSSR count). The van der Waals surface area contributed by atoms with E-state index in [4.69, 9.17) is 4.74 Å². The summed E-state index contributed by atoms with van der Waals surface area (Å²) >= 11 is 2.01. The van der Waals surface area contributed by atoms with E-state index in [2.05, 4.69) is 43.4 Å². The Morgan fingerprint density at radius 2 is 2.11 bits per heavy atom. The fourth-order valence-corrected chi connectivity index (χ4v) is 2.60. The summed E-state index contributed by atoms with van der Waals surface area (Å²) in [6.07, 6.45) is 1.23. The molecule has 0 radical (unpaired) electrons. The molecular weight excluding hydrogens is 242 g/mol. The van der Waals surface area contributed by atoms with Gasteiger partial charge in [0.25, 0.3) is 0 Å². The van der Waals surface area contributed by atoms with Crippen molar-refractivity contribution >= 4 is 11.8 Å². The zero-order chi connectivity index (χ0) is 13.2. The van der Waals surface area contributed by atoms with Gasteiger partial charge in [0.05, 0.1) is 6.61 Å². The molecule has 1 N–H and O–H groups in total. The van der Waals surface area contributed by atoms with Crippen LogP contribution in [-0.2, 0) is 17.9 Å². The predicted molar refractivity (Wildman–Crippen MR) is 81.1 cm³/mol. The van der Waals surface area contributed by atoms with Crippen molar-refractivity contribution < 1.29 is 4.74 Å². The number of methoxy groups -OCH3 is 1.